The molecule has 1 amide bonds. The van der Waals surface area contributed by atoms with Gasteiger partial charge < -0.3 is 14.6 Å². The number of nitrogens with zero attached hydrogens (tertiary/aromatic N) is 3. The molecule has 2 atom stereocenters. The van der Waals surface area contributed by atoms with Crippen LogP contribution in [0.5, 0.6) is 0 Å². The number of hydrogen-bond donors (Lipinski definition) is 1. The standard InChI is InChI=1S/C23H34N4O3/c1-16(2)23-25-22(30-26-23)11-7-10-21(28)24-12-19-8-5-6-9-20(19)15-27-13-17(3)29-18(4)14-27/h5-6,8-9,16-18H,7,10-15H2,1-4H3,(H,24,28). The van der Waals surface area contributed by atoms with Crippen molar-refractivity contribution in [2.24, 2.45) is 0 Å². The summed E-state index contributed by atoms with van der Waals surface area (Å²) in [5.74, 6) is 1.61. The molecular formula is C23H34N4O3. The number of nitrogens with one attached hydrogen (secondary N) is 1. The predicted octanol–water partition coefficient (Wildman–Crippen LogP) is 3.44. The highest BCUT2D eigenvalue weighted by atomic mass is 16.5. The number of hydrogen-bond acceptors (Lipinski definition) is 6. The molecule has 30 heavy (non-hydrogen) atoms. The van der Waals surface area contributed by atoms with Gasteiger partial charge in [-0.05, 0) is 31.4 Å². The minimum atomic E-state index is 0.0435. The van der Waals surface area contributed by atoms with Gasteiger partial charge >= 0.3 is 0 Å². The van der Waals surface area contributed by atoms with Gasteiger partial charge in [-0.3, -0.25) is 9.69 Å². The number of carbonyl (C=O) groups excluding carboxylic acids is 1. The number of rotatable bonds is 9. The van der Waals surface area contributed by atoms with E-state index in [4.69, 9.17) is 9.26 Å². The summed E-state index contributed by atoms with van der Waals surface area (Å²) in [5, 5.41) is 7.01. The molecule has 0 aliphatic carbocycles. The Bertz CT molecular complexity index is 810. The highest BCUT2D eigenvalue weighted by molar-refractivity contribution is 5.75. The third kappa shape index (κ3) is 6.64. The zero-order chi connectivity index (χ0) is 21.5. The minimum Gasteiger partial charge on any atom is -0.373 e. The van der Waals surface area contributed by atoms with E-state index in [1.54, 1.807) is 0 Å². The molecule has 1 N–H and O–H groups in total. The number of ether oxygens (including phenoxy) is 1. The zero-order valence-corrected chi connectivity index (χ0v) is 18.6. The second kappa shape index (κ2) is 10.7. The Labute approximate surface area is 179 Å². The van der Waals surface area contributed by atoms with Gasteiger partial charge in [-0.1, -0.05) is 43.3 Å². The van der Waals surface area contributed by atoms with Crippen LogP contribution in [0.1, 0.15) is 69.3 Å². The molecule has 0 radical (unpaired) electrons. The Morgan fingerprint density at radius 1 is 1.20 bits per heavy atom. The molecule has 7 heteroatoms. The lowest BCUT2D eigenvalue weighted by atomic mass is 10.1. The molecule has 1 aliphatic heterocycles. The van der Waals surface area contributed by atoms with Crippen molar-refractivity contribution in [2.45, 2.75) is 78.2 Å². The molecule has 7 nitrogen and oxygen atoms in total. The second-order valence-electron chi connectivity index (χ2n) is 8.55. The normalized spacial score (nSPS) is 19.9. The summed E-state index contributed by atoms with van der Waals surface area (Å²) in [6.45, 7) is 11.6. The van der Waals surface area contributed by atoms with E-state index in [-0.39, 0.29) is 24.0 Å². The molecule has 1 aromatic heterocycles. The lowest BCUT2D eigenvalue weighted by Crippen LogP contribution is -2.45. The van der Waals surface area contributed by atoms with Crippen molar-refractivity contribution in [2.75, 3.05) is 13.1 Å². The monoisotopic (exact) mass is 414 g/mol. The third-order valence-electron chi connectivity index (χ3n) is 5.28. The first-order chi connectivity index (χ1) is 14.4. The van der Waals surface area contributed by atoms with Crippen LogP contribution in [-0.4, -0.2) is 46.2 Å². The van der Waals surface area contributed by atoms with Gasteiger partial charge in [0.05, 0.1) is 12.2 Å². The second-order valence-corrected chi connectivity index (χ2v) is 8.55. The summed E-state index contributed by atoms with van der Waals surface area (Å²) in [5.41, 5.74) is 2.42. The Balaban J connectivity index is 1.45. The van der Waals surface area contributed by atoms with Gasteiger partial charge in [-0.15, -0.1) is 0 Å². The average molecular weight is 415 g/mol. The van der Waals surface area contributed by atoms with Gasteiger partial charge in [0.25, 0.3) is 0 Å². The fourth-order valence-electron chi connectivity index (χ4n) is 3.83. The average Bonchev–Trinajstić information content (AvgIpc) is 3.16. The quantitative estimate of drug-likeness (QED) is 0.677. The van der Waals surface area contributed by atoms with Gasteiger partial charge in [-0.2, -0.15) is 4.98 Å². The van der Waals surface area contributed by atoms with E-state index in [2.05, 4.69) is 52.4 Å². The summed E-state index contributed by atoms with van der Waals surface area (Å²) in [7, 11) is 0. The van der Waals surface area contributed by atoms with Crippen molar-refractivity contribution in [1.29, 1.82) is 0 Å². The SMILES string of the molecule is CC1CN(Cc2ccccc2CNC(=O)CCCc2nc(C(C)C)no2)CC(C)O1. The fourth-order valence-corrected chi connectivity index (χ4v) is 3.83. The summed E-state index contributed by atoms with van der Waals surface area (Å²) >= 11 is 0. The van der Waals surface area contributed by atoms with E-state index in [1.165, 1.54) is 5.56 Å². The van der Waals surface area contributed by atoms with Crippen molar-refractivity contribution >= 4 is 5.91 Å². The molecule has 2 aromatic rings. The topological polar surface area (TPSA) is 80.5 Å². The molecule has 1 aliphatic rings. The lowest BCUT2D eigenvalue weighted by Gasteiger charge is -2.35. The summed E-state index contributed by atoms with van der Waals surface area (Å²) < 4.78 is 11.1. The largest absolute Gasteiger partial charge is 0.373 e. The molecule has 2 heterocycles. The van der Waals surface area contributed by atoms with E-state index < -0.39 is 0 Å². The third-order valence-corrected chi connectivity index (χ3v) is 5.28. The van der Waals surface area contributed by atoms with Gasteiger partial charge in [-0.25, -0.2) is 0 Å². The highest BCUT2D eigenvalue weighted by Gasteiger charge is 2.22. The number of amides is 1. The highest BCUT2D eigenvalue weighted by Crippen LogP contribution is 2.17. The van der Waals surface area contributed by atoms with Gasteiger partial charge in [0.2, 0.25) is 11.8 Å². The van der Waals surface area contributed by atoms with Gasteiger partial charge in [0, 0.05) is 44.9 Å². The Morgan fingerprint density at radius 2 is 1.90 bits per heavy atom. The lowest BCUT2D eigenvalue weighted by molar-refractivity contribution is -0.121. The van der Waals surface area contributed by atoms with Crippen LogP contribution in [0, 0.1) is 0 Å². The Hall–Kier alpha value is -2.25. The van der Waals surface area contributed by atoms with Crippen LogP contribution in [0.3, 0.4) is 0 Å². The van der Waals surface area contributed by atoms with E-state index in [0.717, 1.165) is 31.0 Å². The molecule has 1 saturated heterocycles. The summed E-state index contributed by atoms with van der Waals surface area (Å²) in [6.07, 6.45) is 2.25. The molecule has 0 bridgehead atoms. The molecule has 0 saturated carbocycles. The molecule has 1 aromatic carbocycles. The van der Waals surface area contributed by atoms with Crippen molar-refractivity contribution in [3.63, 3.8) is 0 Å². The van der Waals surface area contributed by atoms with Crippen LogP contribution < -0.4 is 5.32 Å². The smallest absolute Gasteiger partial charge is 0.226 e. The molecule has 164 valence electrons. The molecule has 3 rings (SSSR count). The van der Waals surface area contributed by atoms with Gasteiger partial charge in [0.15, 0.2) is 5.82 Å². The Morgan fingerprint density at radius 3 is 2.57 bits per heavy atom. The van der Waals surface area contributed by atoms with Crippen LogP contribution >= 0.6 is 0 Å². The minimum absolute atomic E-state index is 0.0435. The molecule has 0 spiro atoms. The van der Waals surface area contributed by atoms with E-state index in [0.29, 0.717) is 31.7 Å². The number of morpholine rings is 1. The predicted molar refractivity (Wildman–Crippen MR) is 115 cm³/mol. The molecular weight excluding hydrogens is 380 g/mol. The molecule has 1 fully saturated rings. The number of benzene rings is 1. The van der Waals surface area contributed by atoms with E-state index >= 15 is 0 Å². The summed E-state index contributed by atoms with van der Waals surface area (Å²) in [4.78, 5) is 19.1. The van der Waals surface area contributed by atoms with Crippen LogP contribution in [0.4, 0.5) is 0 Å². The van der Waals surface area contributed by atoms with Gasteiger partial charge in [0.1, 0.15) is 0 Å². The zero-order valence-electron chi connectivity index (χ0n) is 18.6. The number of aryl methyl sites for hydroxylation is 1. The Kier molecular flexibility index (Phi) is 7.99. The fraction of sp³-hybridized carbons (Fsp3) is 0.609. The van der Waals surface area contributed by atoms with Crippen molar-refractivity contribution < 1.29 is 14.1 Å². The first kappa shape index (κ1) is 22.4. The van der Waals surface area contributed by atoms with Crippen LogP contribution in [0.25, 0.3) is 0 Å². The first-order valence-corrected chi connectivity index (χ1v) is 10.9. The number of carbonyl (C=O) groups is 1. The number of aromatic nitrogens is 2. The van der Waals surface area contributed by atoms with Crippen LogP contribution in [0.2, 0.25) is 0 Å². The van der Waals surface area contributed by atoms with Crippen molar-refractivity contribution in [3.05, 3.63) is 47.1 Å². The maximum atomic E-state index is 12.3. The first-order valence-electron chi connectivity index (χ1n) is 10.9. The molecule has 2 unspecified atom stereocenters. The van der Waals surface area contributed by atoms with Crippen molar-refractivity contribution in [1.82, 2.24) is 20.4 Å². The summed E-state index contributed by atoms with van der Waals surface area (Å²) in [6, 6.07) is 8.32. The van der Waals surface area contributed by atoms with E-state index in [1.807, 2.05) is 19.9 Å². The van der Waals surface area contributed by atoms with E-state index in [9.17, 15) is 4.79 Å². The van der Waals surface area contributed by atoms with Crippen molar-refractivity contribution in [3.8, 4) is 0 Å². The van der Waals surface area contributed by atoms with Crippen LogP contribution in [-0.2, 0) is 29.0 Å². The van der Waals surface area contributed by atoms with Crippen LogP contribution in [0.15, 0.2) is 28.8 Å². The maximum Gasteiger partial charge on any atom is 0.226 e. The maximum absolute atomic E-state index is 12.3.